The molecule has 0 aromatic rings. The van der Waals surface area contributed by atoms with Gasteiger partial charge < -0.3 is 9.05 Å². The molecule has 0 amide bonds. The number of hydrogen-bond donors (Lipinski definition) is 0. The van der Waals surface area contributed by atoms with Gasteiger partial charge in [-0.3, -0.25) is 9.13 Å². The molecule has 0 aromatic heterocycles. The first kappa shape index (κ1) is 15.4. The summed E-state index contributed by atoms with van der Waals surface area (Å²) in [6.45, 7) is 7.95. The van der Waals surface area contributed by atoms with Crippen molar-refractivity contribution in [3.8, 4) is 0 Å². The maximum absolute atomic E-state index is 12.2. The van der Waals surface area contributed by atoms with Gasteiger partial charge in [-0.15, -0.1) is 0 Å². The zero-order valence-electron chi connectivity index (χ0n) is 10.1. The van der Waals surface area contributed by atoms with Gasteiger partial charge in [0.1, 0.15) is 5.90 Å². The van der Waals surface area contributed by atoms with E-state index in [1.807, 2.05) is 0 Å². The molecule has 4 nitrogen and oxygen atoms in total. The summed E-state index contributed by atoms with van der Waals surface area (Å²) in [5, 5.41) is 0. The van der Waals surface area contributed by atoms with Gasteiger partial charge in [0.2, 0.25) is 14.7 Å². The molecular weight excluding hydrogens is 234 g/mol. The second-order valence-corrected chi connectivity index (χ2v) is 9.41. The van der Waals surface area contributed by atoms with Crippen molar-refractivity contribution in [2.45, 2.75) is 27.7 Å². The molecule has 0 spiro atoms. The average molecular weight is 256 g/mol. The minimum Gasteiger partial charge on any atom is -0.328 e. The predicted molar refractivity (Wildman–Crippen MR) is 64.4 cm³/mol. The van der Waals surface area contributed by atoms with E-state index in [4.69, 9.17) is 9.05 Å². The maximum atomic E-state index is 12.2. The number of hydrogen-bond acceptors (Lipinski definition) is 4. The summed E-state index contributed by atoms with van der Waals surface area (Å²) in [7, 11) is -5.51. The Kier molecular flexibility index (Phi) is 7.03. The Bertz CT molecular complexity index is 239. The first-order valence-corrected chi connectivity index (χ1v) is 9.39. The zero-order valence-corrected chi connectivity index (χ0v) is 11.9. The largest absolute Gasteiger partial charge is 0.328 e. The molecule has 0 N–H and O–H groups in total. The molecule has 15 heavy (non-hydrogen) atoms. The molecule has 0 heterocycles. The highest BCUT2D eigenvalue weighted by molar-refractivity contribution is 7.76. The van der Waals surface area contributed by atoms with E-state index in [1.54, 1.807) is 27.7 Å². The van der Waals surface area contributed by atoms with Crippen LogP contribution in [0.15, 0.2) is 0 Å². The second-order valence-electron chi connectivity index (χ2n) is 3.24. The van der Waals surface area contributed by atoms with E-state index in [0.29, 0.717) is 25.5 Å². The summed E-state index contributed by atoms with van der Waals surface area (Å²) in [6.07, 6.45) is 0.829. The van der Waals surface area contributed by atoms with E-state index < -0.39 is 14.7 Å². The van der Waals surface area contributed by atoms with Gasteiger partial charge >= 0.3 is 0 Å². The van der Waals surface area contributed by atoms with Crippen LogP contribution in [0.4, 0.5) is 0 Å². The molecule has 0 radical (unpaired) electrons. The lowest BCUT2D eigenvalue weighted by atomic mass is 10.9. The molecule has 0 aliphatic carbocycles. The van der Waals surface area contributed by atoms with Gasteiger partial charge in [-0.25, -0.2) is 0 Å². The van der Waals surface area contributed by atoms with Crippen molar-refractivity contribution in [2.75, 3.05) is 31.4 Å². The van der Waals surface area contributed by atoms with E-state index >= 15 is 0 Å². The first-order chi connectivity index (χ1) is 6.95. The van der Waals surface area contributed by atoms with Crippen LogP contribution in [0, 0.1) is 0 Å². The highest BCUT2D eigenvalue weighted by Gasteiger charge is 2.32. The third-order valence-electron chi connectivity index (χ3n) is 2.12. The molecule has 0 fully saturated rings. The molecule has 2 atom stereocenters. The predicted octanol–water partition coefficient (Wildman–Crippen LogP) is 3.61. The Labute approximate surface area is 92.6 Å². The molecule has 0 aliphatic heterocycles. The molecule has 0 saturated carbocycles. The molecule has 0 rings (SSSR count). The molecule has 0 bridgehead atoms. The lowest BCUT2D eigenvalue weighted by molar-refractivity contribution is 0.324. The van der Waals surface area contributed by atoms with Crippen LogP contribution in [0.25, 0.3) is 0 Å². The monoisotopic (exact) mass is 256 g/mol. The van der Waals surface area contributed by atoms with Gasteiger partial charge in [0, 0.05) is 12.3 Å². The summed E-state index contributed by atoms with van der Waals surface area (Å²) in [6, 6.07) is 0. The Hall–Kier alpha value is 0.380. The van der Waals surface area contributed by atoms with Gasteiger partial charge in [0.05, 0.1) is 13.2 Å². The van der Waals surface area contributed by atoms with Crippen LogP contribution in [0.2, 0.25) is 0 Å². The molecule has 0 aromatic carbocycles. The summed E-state index contributed by atoms with van der Waals surface area (Å²) < 4.78 is 34.8. The SMILES string of the molecule is CCO[P@](=O)(CC)C[P@@](=O)(CC)OCC. The van der Waals surface area contributed by atoms with E-state index in [1.165, 1.54) is 0 Å². The van der Waals surface area contributed by atoms with Gasteiger partial charge in [-0.2, -0.15) is 0 Å². The van der Waals surface area contributed by atoms with Crippen molar-refractivity contribution in [3.63, 3.8) is 0 Å². The van der Waals surface area contributed by atoms with E-state index in [2.05, 4.69) is 0 Å². The molecule has 6 heteroatoms. The van der Waals surface area contributed by atoms with Crippen molar-refractivity contribution >= 4 is 14.7 Å². The van der Waals surface area contributed by atoms with Crippen LogP contribution in [-0.4, -0.2) is 31.4 Å². The van der Waals surface area contributed by atoms with Gasteiger partial charge in [-0.1, -0.05) is 13.8 Å². The number of rotatable bonds is 8. The van der Waals surface area contributed by atoms with Crippen molar-refractivity contribution < 1.29 is 18.2 Å². The van der Waals surface area contributed by atoms with Gasteiger partial charge in [0.25, 0.3) is 0 Å². The second kappa shape index (κ2) is 6.85. The summed E-state index contributed by atoms with van der Waals surface area (Å²) in [5.41, 5.74) is 0. The van der Waals surface area contributed by atoms with Crippen LogP contribution in [0.1, 0.15) is 27.7 Å². The van der Waals surface area contributed by atoms with E-state index in [-0.39, 0.29) is 5.90 Å². The minimum atomic E-state index is -2.76. The Morgan fingerprint density at radius 2 is 1.13 bits per heavy atom. The van der Waals surface area contributed by atoms with Gasteiger partial charge in [0.15, 0.2) is 0 Å². The Balaban J connectivity index is 4.63. The standard InChI is InChI=1S/C9H22O4P2/c1-5-12-14(10,7-3)9-15(11,8-4)13-6-2/h5-9H2,1-4H3/t14-,15-/m1/s1. The van der Waals surface area contributed by atoms with Crippen LogP contribution in [0.5, 0.6) is 0 Å². The Morgan fingerprint density at radius 1 is 0.800 bits per heavy atom. The van der Waals surface area contributed by atoms with Crippen LogP contribution in [0.3, 0.4) is 0 Å². The van der Waals surface area contributed by atoms with Crippen molar-refractivity contribution in [1.82, 2.24) is 0 Å². The Morgan fingerprint density at radius 3 is 1.33 bits per heavy atom. The van der Waals surface area contributed by atoms with Crippen LogP contribution >= 0.6 is 14.7 Å². The third kappa shape index (κ3) is 5.31. The minimum absolute atomic E-state index is 0.0781. The fourth-order valence-electron chi connectivity index (χ4n) is 1.26. The third-order valence-corrected chi connectivity index (χ3v) is 8.96. The van der Waals surface area contributed by atoms with Crippen molar-refractivity contribution in [1.29, 1.82) is 0 Å². The van der Waals surface area contributed by atoms with Crippen molar-refractivity contribution in [2.24, 2.45) is 0 Å². The van der Waals surface area contributed by atoms with Gasteiger partial charge in [-0.05, 0) is 13.8 Å². The molecule has 92 valence electrons. The quantitative estimate of drug-likeness (QED) is 0.622. The van der Waals surface area contributed by atoms with Crippen LogP contribution in [-0.2, 0) is 18.2 Å². The molecule has 0 unspecified atom stereocenters. The lowest BCUT2D eigenvalue weighted by Gasteiger charge is -2.22. The normalized spacial score (nSPS) is 19.5. The maximum Gasteiger partial charge on any atom is 0.212 e. The smallest absolute Gasteiger partial charge is 0.212 e. The fraction of sp³-hybridized carbons (Fsp3) is 1.00. The van der Waals surface area contributed by atoms with Crippen LogP contribution < -0.4 is 0 Å². The average Bonchev–Trinajstić information content (AvgIpc) is 2.18. The molecular formula is C9H22O4P2. The summed E-state index contributed by atoms with van der Waals surface area (Å²) in [4.78, 5) is 0. The zero-order chi connectivity index (χ0) is 11.9. The van der Waals surface area contributed by atoms with Crippen molar-refractivity contribution in [3.05, 3.63) is 0 Å². The lowest BCUT2D eigenvalue weighted by Crippen LogP contribution is -2.03. The first-order valence-electron chi connectivity index (χ1n) is 5.40. The molecule has 0 aliphatic rings. The molecule has 0 saturated heterocycles. The highest BCUT2D eigenvalue weighted by Crippen LogP contribution is 2.62. The van der Waals surface area contributed by atoms with E-state index in [0.717, 1.165) is 0 Å². The topological polar surface area (TPSA) is 52.6 Å². The van der Waals surface area contributed by atoms with E-state index in [9.17, 15) is 9.13 Å². The summed E-state index contributed by atoms with van der Waals surface area (Å²) in [5.74, 6) is 0.0781. The fourth-order valence-corrected chi connectivity index (χ4v) is 7.45. The highest BCUT2D eigenvalue weighted by atomic mass is 31.2. The summed E-state index contributed by atoms with van der Waals surface area (Å²) >= 11 is 0.